The van der Waals surface area contributed by atoms with Crippen molar-refractivity contribution in [2.75, 3.05) is 5.32 Å². The van der Waals surface area contributed by atoms with Crippen molar-refractivity contribution in [3.63, 3.8) is 0 Å². The second-order valence-corrected chi connectivity index (χ2v) is 6.61. The fourth-order valence-corrected chi connectivity index (χ4v) is 3.34. The summed E-state index contributed by atoms with van der Waals surface area (Å²) in [6.45, 7) is 3.93. The molecule has 3 nitrogen and oxygen atoms in total. The van der Waals surface area contributed by atoms with E-state index in [0.29, 0.717) is 28.6 Å². The van der Waals surface area contributed by atoms with Crippen LogP contribution in [-0.2, 0) is 11.2 Å². The minimum absolute atomic E-state index is 0.0613. The topological polar surface area (TPSA) is 42.0 Å². The van der Waals surface area contributed by atoms with Gasteiger partial charge < -0.3 is 5.32 Å². The highest BCUT2D eigenvalue weighted by molar-refractivity contribution is 7.11. The van der Waals surface area contributed by atoms with Gasteiger partial charge in [0.05, 0.1) is 10.7 Å². The van der Waals surface area contributed by atoms with Gasteiger partial charge in [-0.3, -0.25) is 4.79 Å². The molecule has 6 heteroatoms. The molecule has 2 aromatic rings. The summed E-state index contributed by atoms with van der Waals surface area (Å²) in [5, 5.41) is 4.83. The third-order valence-corrected chi connectivity index (χ3v) is 4.29. The van der Waals surface area contributed by atoms with Gasteiger partial charge in [-0.05, 0) is 38.5 Å². The molecule has 1 aromatic carbocycles. The average molecular weight is 329 g/mol. The zero-order valence-electron chi connectivity index (χ0n) is 11.2. The number of carbonyl (C=O) groups excluding carboxylic acids is 1. The molecule has 0 spiro atoms. The summed E-state index contributed by atoms with van der Waals surface area (Å²) >= 11 is 13.4. The molecule has 0 aliphatic rings. The third kappa shape index (κ3) is 4.20. The molecule has 0 unspecified atom stereocenters. The molecule has 106 valence electrons. The van der Waals surface area contributed by atoms with E-state index in [2.05, 4.69) is 10.3 Å². The van der Waals surface area contributed by atoms with Crippen molar-refractivity contribution in [2.45, 2.75) is 26.7 Å². The van der Waals surface area contributed by atoms with Gasteiger partial charge in [-0.15, -0.1) is 11.3 Å². The smallest absolute Gasteiger partial charge is 0.224 e. The molecule has 1 aromatic heterocycles. The molecule has 1 N–H and O–H groups in total. The number of aryl methyl sites for hydroxylation is 3. The Kier molecular flexibility index (Phi) is 5.02. The molecule has 0 aliphatic carbocycles. The van der Waals surface area contributed by atoms with Gasteiger partial charge in [0.15, 0.2) is 0 Å². The highest BCUT2D eigenvalue weighted by Crippen LogP contribution is 2.23. The molecule has 0 saturated heterocycles. The Hall–Kier alpha value is -1.10. The molecule has 0 fully saturated rings. The van der Waals surface area contributed by atoms with Crippen molar-refractivity contribution in [2.24, 2.45) is 0 Å². The summed E-state index contributed by atoms with van der Waals surface area (Å²) < 4.78 is 0. The lowest BCUT2D eigenvalue weighted by atomic mass is 10.2. The first-order valence-corrected chi connectivity index (χ1v) is 7.70. The first-order chi connectivity index (χ1) is 9.44. The van der Waals surface area contributed by atoms with Crippen LogP contribution in [0.2, 0.25) is 10.0 Å². The van der Waals surface area contributed by atoms with Crippen LogP contribution in [0.3, 0.4) is 0 Å². The van der Waals surface area contributed by atoms with E-state index in [-0.39, 0.29) is 5.91 Å². The van der Waals surface area contributed by atoms with E-state index < -0.39 is 0 Å². The zero-order valence-corrected chi connectivity index (χ0v) is 13.5. The molecular weight excluding hydrogens is 315 g/mol. The monoisotopic (exact) mass is 328 g/mol. The number of halogens is 2. The summed E-state index contributed by atoms with van der Waals surface area (Å²) in [5.41, 5.74) is 1.62. The van der Waals surface area contributed by atoms with Crippen LogP contribution in [0.5, 0.6) is 0 Å². The highest BCUT2D eigenvalue weighted by Gasteiger charge is 2.09. The number of nitrogens with one attached hydrogen (secondary N) is 1. The van der Waals surface area contributed by atoms with Crippen molar-refractivity contribution in [3.05, 3.63) is 43.8 Å². The molecule has 0 bridgehead atoms. The SMILES string of the molecule is Cc1nc(C)c(CCC(=O)Nc2cc(Cl)cc(Cl)c2)s1. The van der Waals surface area contributed by atoms with Crippen molar-refractivity contribution >= 4 is 46.1 Å². The molecule has 0 radical (unpaired) electrons. The van der Waals surface area contributed by atoms with Crippen LogP contribution in [-0.4, -0.2) is 10.9 Å². The number of anilines is 1. The molecule has 0 saturated carbocycles. The van der Waals surface area contributed by atoms with Crippen LogP contribution in [0.1, 0.15) is 22.0 Å². The molecule has 20 heavy (non-hydrogen) atoms. The Morgan fingerprint density at radius 1 is 1.25 bits per heavy atom. The third-order valence-electron chi connectivity index (χ3n) is 2.73. The number of hydrogen-bond donors (Lipinski definition) is 1. The van der Waals surface area contributed by atoms with E-state index in [1.165, 1.54) is 0 Å². The Morgan fingerprint density at radius 2 is 1.90 bits per heavy atom. The number of benzene rings is 1. The van der Waals surface area contributed by atoms with Crippen LogP contribution < -0.4 is 5.32 Å². The predicted octanol–water partition coefficient (Wildman–Crippen LogP) is 4.64. The molecule has 0 atom stereocenters. The van der Waals surface area contributed by atoms with Crippen LogP contribution in [0, 0.1) is 13.8 Å². The first kappa shape index (κ1) is 15.3. The van der Waals surface area contributed by atoms with E-state index in [0.717, 1.165) is 15.6 Å². The van der Waals surface area contributed by atoms with Gasteiger partial charge in [0.25, 0.3) is 0 Å². The van der Waals surface area contributed by atoms with E-state index >= 15 is 0 Å². The molecule has 1 heterocycles. The van der Waals surface area contributed by atoms with Gasteiger partial charge in [-0.25, -0.2) is 4.98 Å². The summed E-state index contributed by atoms with van der Waals surface area (Å²) in [4.78, 5) is 17.4. The van der Waals surface area contributed by atoms with E-state index in [1.54, 1.807) is 29.5 Å². The molecular formula is C14H14Cl2N2OS. The first-order valence-electron chi connectivity index (χ1n) is 6.13. The second-order valence-electron chi connectivity index (χ2n) is 4.45. The number of thiazole rings is 1. The Bertz CT molecular complexity index is 620. The molecule has 2 rings (SSSR count). The van der Waals surface area contributed by atoms with Crippen molar-refractivity contribution in [3.8, 4) is 0 Å². The lowest BCUT2D eigenvalue weighted by molar-refractivity contribution is -0.116. The van der Waals surface area contributed by atoms with Gasteiger partial charge in [0, 0.05) is 27.0 Å². The maximum atomic E-state index is 11.9. The Balaban J connectivity index is 1.94. The summed E-state index contributed by atoms with van der Waals surface area (Å²) in [7, 11) is 0. The normalized spacial score (nSPS) is 10.6. The van der Waals surface area contributed by atoms with E-state index in [1.807, 2.05) is 13.8 Å². The van der Waals surface area contributed by atoms with Crippen LogP contribution >= 0.6 is 34.5 Å². The largest absolute Gasteiger partial charge is 0.326 e. The lowest BCUT2D eigenvalue weighted by Crippen LogP contribution is -2.12. The number of nitrogens with zero attached hydrogens (tertiary/aromatic N) is 1. The van der Waals surface area contributed by atoms with Crippen LogP contribution in [0.15, 0.2) is 18.2 Å². The number of hydrogen-bond acceptors (Lipinski definition) is 3. The van der Waals surface area contributed by atoms with Gasteiger partial charge in [0.2, 0.25) is 5.91 Å². The second kappa shape index (κ2) is 6.57. The van der Waals surface area contributed by atoms with Gasteiger partial charge >= 0.3 is 0 Å². The van der Waals surface area contributed by atoms with Crippen LogP contribution in [0.25, 0.3) is 0 Å². The molecule has 0 aliphatic heterocycles. The fraction of sp³-hybridized carbons (Fsp3) is 0.286. The number of aromatic nitrogens is 1. The number of rotatable bonds is 4. The Morgan fingerprint density at radius 3 is 2.45 bits per heavy atom. The van der Waals surface area contributed by atoms with Gasteiger partial charge in [-0.1, -0.05) is 23.2 Å². The summed E-state index contributed by atoms with van der Waals surface area (Å²) in [6, 6.07) is 4.98. The quantitative estimate of drug-likeness (QED) is 0.888. The average Bonchev–Trinajstić information content (AvgIpc) is 2.64. The Labute approximate surface area is 131 Å². The minimum Gasteiger partial charge on any atom is -0.326 e. The maximum Gasteiger partial charge on any atom is 0.224 e. The van der Waals surface area contributed by atoms with Crippen molar-refractivity contribution in [1.82, 2.24) is 4.98 Å². The summed E-state index contributed by atoms with van der Waals surface area (Å²) in [6.07, 6.45) is 1.10. The van der Waals surface area contributed by atoms with Crippen molar-refractivity contribution < 1.29 is 4.79 Å². The fourth-order valence-electron chi connectivity index (χ4n) is 1.88. The molecule has 1 amide bonds. The number of carbonyl (C=O) groups is 1. The maximum absolute atomic E-state index is 11.9. The minimum atomic E-state index is -0.0613. The van der Waals surface area contributed by atoms with E-state index in [9.17, 15) is 4.79 Å². The highest BCUT2D eigenvalue weighted by atomic mass is 35.5. The van der Waals surface area contributed by atoms with Gasteiger partial charge in [0.1, 0.15) is 0 Å². The van der Waals surface area contributed by atoms with Crippen molar-refractivity contribution in [1.29, 1.82) is 0 Å². The predicted molar refractivity (Wildman–Crippen MR) is 85.0 cm³/mol. The zero-order chi connectivity index (χ0) is 14.7. The lowest BCUT2D eigenvalue weighted by Gasteiger charge is -2.06. The van der Waals surface area contributed by atoms with E-state index in [4.69, 9.17) is 23.2 Å². The summed E-state index contributed by atoms with van der Waals surface area (Å²) in [5.74, 6) is -0.0613. The van der Waals surface area contributed by atoms with Gasteiger partial charge in [-0.2, -0.15) is 0 Å². The standard InChI is InChI=1S/C14H14Cl2N2OS/c1-8-13(20-9(2)17-8)3-4-14(19)18-12-6-10(15)5-11(16)7-12/h5-7H,3-4H2,1-2H3,(H,18,19). The van der Waals surface area contributed by atoms with Crippen LogP contribution in [0.4, 0.5) is 5.69 Å². The number of amides is 1.